The number of nitrogens with zero attached hydrogens (tertiary/aromatic N) is 1. The molecule has 2 aromatic carbocycles. The molecule has 0 bridgehead atoms. The van der Waals surface area contributed by atoms with Gasteiger partial charge >= 0.3 is 5.69 Å². The monoisotopic (exact) mass is 337 g/mol. The molecule has 5 nitrogen and oxygen atoms in total. The Bertz CT molecular complexity index is 643. The molecule has 104 valence electrons. The third kappa shape index (κ3) is 2.97. The summed E-state index contributed by atoms with van der Waals surface area (Å²) in [5.41, 5.74) is 0.428. The molecule has 1 N–H and O–H groups in total. The minimum absolute atomic E-state index is 0.116. The van der Waals surface area contributed by atoms with E-state index in [9.17, 15) is 15.2 Å². The molecule has 0 radical (unpaired) electrons. The van der Waals surface area contributed by atoms with Gasteiger partial charge in [0.2, 0.25) is 5.75 Å². The first-order chi connectivity index (χ1) is 9.50. The van der Waals surface area contributed by atoms with Crippen LogP contribution < -0.4 is 4.74 Å². The lowest BCUT2D eigenvalue weighted by atomic mass is 10.1. The van der Waals surface area contributed by atoms with Crippen molar-refractivity contribution in [3.05, 3.63) is 62.6 Å². The van der Waals surface area contributed by atoms with E-state index in [-0.39, 0.29) is 11.4 Å². The molecule has 0 aromatic heterocycles. The molecule has 2 aromatic rings. The Morgan fingerprint density at radius 1 is 1.25 bits per heavy atom. The summed E-state index contributed by atoms with van der Waals surface area (Å²) in [7, 11) is 0. The largest absolute Gasteiger partial charge is 0.449 e. The summed E-state index contributed by atoms with van der Waals surface area (Å²) in [4.78, 5) is 10.5. The van der Waals surface area contributed by atoms with Gasteiger partial charge in [-0.3, -0.25) is 10.1 Å². The first-order valence-corrected chi connectivity index (χ1v) is 6.67. The van der Waals surface area contributed by atoms with Gasteiger partial charge in [0, 0.05) is 11.6 Å². The van der Waals surface area contributed by atoms with E-state index >= 15 is 0 Å². The smallest absolute Gasteiger partial charge is 0.312 e. The van der Waals surface area contributed by atoms with Gasteiger partial charge in [-0.25, -0.2) is 0 Å². The summed E-state index contributed by atoms with van der Waals surface area (Å²) in [6.07, 6.45) is -0.729. The number of hydrogen-bond acceptors (Lipinski definition) is 4. The fourth-order valence-electron chi connectivity index (χ4n) is 1.77. The lowest BCUT2D eigenvalue weighted by Gasteiger charge is -2.13. The Morgan fingerprint density at radius 3 is 2.60 bits per heavy atom. The van der Waals surface area contributed by atoms with Gasteiger partial charge in [-0.15, -0.1) is 0 Å². The molecule has 0 saturated heterocycles. The molecule has 20 heavy (non-hydrogen) atoms. The van der Waals surface area contributed by atoms with Crippen molar-refractivity contribution in [2.75, 3.05) is 0 Å². The van der Waals surface area contributed by atoms with Crippen LogP contribution in [0.2, 0.25) is 0 Å². The Labute approximate surface area is 124 Å². The number of ether oxygens (including phenoxy) is 1. The zero-order valence-corrected chi connectivity index (χ0v) is 12.2. The molecule has 6 heteroatoms. The Kier molecular flexibility index (Phi) is 4.36. The Balaban J connectivity index is 2.48. The summed E-state index contributed by atoms with van der Waals surface area (Å²) in [5.74, 6) is 0.503. The van der Waals surface area contributed by atoms with Crippen molar-refractivity contribution in [1.82, 2.24) is 0 Å². The number of aliphatic hydroxyl groups excluding tert-OH is 1. The highest BCUT2D eigenvalue weighted by Crippen LogP contribution is 2.39. The molecule has 2 rings (SSSR count). The van der Waals surface area contributed by atoms with Crippen molar-refractivity contribution < 1.29 is 14.8 Å². The molecule has 0 amide bonds. The zero-order valence-electron chi connectivity index (χ0n) is 10.6. The summed E-state index contributed by atoms with van der Waals surface area (Å²) >= 11 is 3.24. The van der Waals surface area contributed by atoms with E-state index in [1.54, 1.807) is 43.3 Å². The van der Waals surface area contributed by atoms with E-state index < -0.39 is 11.0 Å². The van der Waals surface area contributed by atoms with Crippen LogP contribution in [0, 0.1) is 10.1 Å². The average Bonchev–Trinajstić information content (AvgIpc) is 2.41. The minimum atomic E-state index is -0.729. The standard InChI is InChI=1S/C14H12BrNO4/c1-9(17)10-5-2-3-8-13(10)20-14-11(15)6-4-7-12(14)16(18)19/h2-9,17H,1H3/t9-/m0/s1. The van der Waals surface area contributed by atoms with Gasteiger partial charge in [0.05, 0.1) is 15.5 Å². The fourth-order valence-corrected chi connectivity index (χ4v) is 2.21. The third-order valence-electron chi connectivity index (χ3n) is 2.72. The number of para-hydroxylation sites is 2. The van der Waals surface area contributed by atoms with Crippen LogP contribution in [0.15, 0.2) is 46.9 Å². The molecule has 0 aliphatic carbocycles. The van der Waals surface area contributed by atoms with Crippen molar-refractivity contribution in [1.29, 1.82) is 0 Å². The molecule has 0 aliphatic heterocycles. The lowest BCUT2D eigenvalue weighted by molar-refractivity contribution is -0.385. The molecule has 0 saturated carbocycles. The van der Waals surface area contributed by atoms with Gasteiger partial charge in [-0.1, -0.05) is 24.3 Å². The molecular formula is C14H12BrNO4. The maximum Gasteiger partial charge on any atom is 0.312 e. The van der Waals surface area contributed by atoms with E-state index in [2.05, 4.69) is 15.9 Å². The van der Waals surface area contributed by atoms with E-state index in [0.29, 0.717) is 15.8 Å². The van der Waals surface area contributed by atoms with Crippen molar-refractivity contribution in [3.8, 4) is 11.5 Å². The maximum absolute atomic E-state index is 11.0. The number of hydrogen-bond donors (Lipinski definition) is 1. The Hall–Kier alpha value is -1.92. The molecule has 0 unspecified atom stereocenters. The second-order valence-electron chi connectivity index (χ2n) is 4.16. The molecule has 1 atom stereocenters. The van der Waals surface area contributed by atoms with Gasteiger partial charge in [-0.2, -0.15) is 0 Å². The van der Waals surface area contributed by atoms with Gasteiger partial charge in [0.25, 0.3) is 0 Å². The van der Waals surface area contributed by atoms with Crippen molar-refractivity contribution >= 4 is 21.6 Å². The van der Waals surface area contributed by atoms with Crippen LogP contribution in [0.25, 0.3) is 0 Å². The van der Waals surface area contributed by atoms with Crippen LogP contribution in [0.3, 0.4) is 0 Å². The Morgan fingerprint density at radius 2 is 1.95 bits per heavy atom. The second kappa shape index (κ2) is 6.02. The summed E-state index contributed by atoms with van der Waals surface area (Å²) in [6, 6.07) is 11.5. The highest BCUT2D eigenvalue weighted by atomic mass is 79.9. The van der Waals surface area contributed by atoms with E-state index in [1.165, 1.54) is 6.07 Å². The molecule has 0 aliphatic rings. The SMILES string of the molecule is C[C@H](O)c1ccccc1Oc1c(Br)cccc1[N+](=O)[O-]. The first kappa shape index (κ1) is 14.5. The van der Waals surface area contributed by atoms with Crippen LogP contribution in [-0.2, 0) is 0 Å². The minimum Gasteiger partial charge on any atom is -0.449 e. The highest BCUT2D eigenvalue weighted by Gasteiger charge is 2.20. The lowest BCUT2D eigenvalue weighted by Crippen LogP contribution is -1.98. The van der Waals surface area contributed by atoms with Gasteiger partial charge < -0.3 is 9.84 Å². The van der Waals surface area contributed by atoms with Crippen LogP contribution in [-0.4, -0.2) is 10.0 Å². The topological polar surface area (TPSA) is 72.6 Å². The normalized spacial score (nSPS) is 11.9. The average molecular weight is 338 g/mol. The summed E-state index contributed by atoms with van der Waals surface area (Å²) < 4.78 is 6.12. The van der Waals surface area contributed by atoms with Crippen molar-refractivity contribution in [2.45, 2.75) is 13.0 Å². The van der Waals surface area contributed by atoms with E-state index in [0.717, 1.165) is 0 Å². The van der Waals surface area contributed by atoms with Crippen molar-refractivity contribution in [3.63, 3.8) is 0 Å². The van der Waals surface area contributed by atoms with Crippen molar-refractivity contribution in [2.24, 2.45) is 0 Å². The third-order valence-corrected chi connectivity index (χ3v) is 3.35. The van der Waals surface area contributed by atoms with E-state index in [4.69, 9.17) is 4.74 Å². The predicted molar refractivity (Wildman–Crippen MR) is 77.9 cm³/mol. The number of nitro groups is 1. The number of aliphatic hydroxyl groups is 1. The quantitative estimate of drug-likeness (QED) is 0.670. The van der Waals surface area contributed by atoms with Crippen LogP contribution >= 0.6 is 15.9 Å². The van der Waals surface area contributed by atoms with Crippen LogP contribution in [0.5, 0.6) is 11.5 Å². The van der Waals surface area contributed by atoms with Crippen LogP contribution in [0.1, 0.15) is 18.6 Å². The first-order valence-electron chi connectivity index (χ1n) is 5.88. The van der Waals surface area contributed by atoms with Crippen LogP contribution in [0.4, 0.5) is 5.69 Å². The maximum atomic E-state index is 11.0. The predicted octanol–water partition coefficient (Wildman–Crippen LogP) is 4.20. The van der Waals surface area contributed by atoms with Gasteiger partial charge in [0.1, 0.15) is 5.75 Å². The number of halogens is 1. The number of rotatable bonds is 4. The highest BCUT2D eigenvalue weighted by molar-refractivity contribution is 9.10. The summed E-state index contributed by atoms with van der Waals surface area (Å²) in [5, 5.41) is 20.7. The second-order valence-corrected chi connectivity index (χ2v) is 5.02. The van der Waals surface area contributed by atoms with Gasteiger partial charge in [-0.05, 0) is 35.0 Å². The number of nitro benzene ring substituents is 1. The summed E-state index contributed by atoms with van der Waals surface area (Å²) in [6.45, 7) is 1.61. The molecular weight excluding hydrogens is 326 g/mol. The zero-order chi connectivity index (χ0) is 14.7. The number of benzene rings is 2. The molecule has 0 fully saturated rings. The van der Waals surface area contributed by atoms with E-state index in [1.807, 2.05) is 0 Å². The fraction of sp³-hybridized carbons (Fsp3) is 0.143. The van der Waals surface area contributed by atoms with Gasteiger partial charge in [0.15, 0.2) is 0 Å². The molecule has 0 heterocycles. The molecule has 0 spiro atoms.